The molecule has 4 rings (SSSR count). The molecule has 0 bridgehead atoms. The van der Waals surface area contributed by atoms with Crippen molar-refractivity contribution in [2.45, 2.75) is 20.3 Å². The summed E-state index contributed by atoms with van der Waals surface area (Å²) in [5, 5.41) is 1.82. The zero-order valence-electron chi connectivity index (χ0n) is 16.6. The number of hydrogen-bond acceptors (Lipinski definition) is 5. The summed E-state index contributed by atoms with van der Waals surface area (Å²) >= 11 is 7.64. The number of anilines is 1. The minimum atomic E-state index is 0.0346. The molecular formula is C22H23ClN4OS. The molecule has 1 saturated heterocycles. The molecule has 3 aromatic rings. The predicted molar refractivity (Wildman–Crippen MR) is 121 cm³/mol. The number of aromatic nitrogens is 2. The van der Waals surface area contributed by atoms with Gasteiger partial charge in [-0.1, -0.05) is 30.7 Å². The first-order chi connectivity index (χ1) is 14.0. The Labute approximate surface area is 179 Å². The summed E-state index contributed by atoms with van der Waals surface area (Å²) in [6, 6.07) is 9.66. The second-order valence-electron chi connectivity index (χ2n) is 7.08. The van der Waals surface area contributed by atoms with Gasteiger partial charge in [0.2, 0.25) is 5.91 Å². The molecule has 1 aliphatic rings. The van der Waals surface area contributed by atoms with E-state index in [-0.39, 0.29) is 5.91 Å². The summed E-state index contributed by atoms with van der Waals surface area (Å²) in [5.41, 5.74) is 0.962. The second-order valence-corrected chi connectivity index (χ2v) is 8.63. The SMILES string of the molecule is CCc1cc2c(N3CCN(C(=O)/C=C/c4ccc(Cl)cc4)CC3)nc(C)nc2s1. The summed E-state index contributed by atoms with van der Waals surface area (Å²) in [7, 11) is 0. The molecule has 1 fully saturated rings. The molecule has 0 spiro atoms. The Morgan fingerprint density at radius 2 is 1.90 bits per heavy atom. The van der Waals surface area contributed by atoms with Crippen LogP contribution in [0.1, 0.15) is 23.2 Å². The van der Waals surface area contributed by atoms with E-state index in [0.29, 0.717) is 18.1 Å². The van der Waals surface area contributed by atoms with Gasteiger partial charge in [-0.2, -0.15) is 0 Å². The van der Waals surface area contributed by atoms with Gasteiger partial charge in [-0.25, -0.2) is 9.97 Å². The molecule has 0 saturated carbocycles. The minimum absolute atomic E-state index is 0.0346. The van der Waals surface area contributed by atoms with Crippen molar-refractivity contribution >= 4 is 51.0 Å². The van der Waals surface area contributed by atoms with E-state index in [1.807, 2.05) is 42.2 Å². The third-order valence-corrected chi connectivity index (χ3v) is 6.49. The lowest BCUT2D eigenvalue weighted by Crippen LogP contribution is -2.48. The lowest BCUT2D eigenvalue weighted by Gasteiger charge is -2.35. The van der Waals surface area contributed by atoms with E-state index in [1.54, 1.807) is 17.4 Å². The van der Waals surface area contributed by atoms with Crippen molar-refractivity contribution in [2.24, 2.45) is 0 Å². The first-order valence-electron chi connectivity index (χ1n) is 9.78. The predicted octanol–water partition coefficient (Wildman–Crippen LogP) is 4.58. The lowest BCUT2D eigenvalue weighted by molar-refractivity contribution is -0.126. The van der Waals surface area contributed by atoms with Gasteiger partial charge in [-0.15, -0.1) is 11.3 Å². The number of carbonyl (C=O) groups is 1. The van der Waals surface area contributed by atoms with E-state index in [1.165, 1.54) is 4.88 Å². The number of piperazine rings is 1. The fourth-order valence-electron chi connectivity index (χ4n) is 3.46. The van der Waals surface area contributed by atoms with Crippen LogP contribution in [0, 0.1) is 6.92 Å². The number of rotatable bonds is 4. The number of fused-ring (bicyclic) bond motifs is 1. The van der Waals surface area contributed by atoms with E-state index in [0.717, 1.165) is 46.9 Å². The van der Waals surface area contributed by atoms with Gasteiger partial charge in [0.1, 0.15) is 16.5 Å². The van der Waals surface area contributed by atoms with Crippen molar-refractivity contribution < 1.29 is 4.79 Å². The average Bonchev–Trinajstić information content (AvgIpc) is 3.15. The Balaban J connectivity index is 1.44. The molecule has 0 unspecified atom stereocenters. The summed E-state index contributed by atoms with van der Waals surface area (Å²) < 4.78 is 0. The number of thiophene rings is 1. The molecule has 0 atom stereocenters. The molecule has 1 aliphatic heterocycles. The number of halogens is 1. The van der Waals surface area contributed by atoms with Crippen molar-refractivity contribution in [3.63, 3.8) is 0 Å². The minimum Gasteiger partial charge on any atom is -0.352 e. The average molecular weight is 427 g/mol. The molecule has 5 nitrogen and oxygen atoms in total. The molecule has 7 heteroatoms. The molecule has 1 amide bonds. The standard InChI is InChI=1S/C22H23ClN4OS/c1-3-18-14-19-21(24-15(2)25-22(19)29-18)27-12-10-26(11-13-27)20(28)9-6-16-4-7-17(23)8-5-16/h4-9,14H,3,10-13H2,1-2H3/b9-6+. The first-order valence-corrected chi connectivity index (χ1v) is 11.0. The number of benzene rings is 1. The normalized spacial score (nSPS) is 14.9. The fraction of sp³-hybridized carbons (Fsp3) is 0.318. The molecule has 0 N–H and O–H groups in total. The van der Waals surface area contributed by atoms with E-state index in [2.05, 4.69) is 22.9 Å². The zero-order valence-corrected chi connectivity index (χ0v) is 18.1. The number of aryl methyl sites for hydroxylation is 2. The van der Waals surface area contributed by atoms with Gasteiger partial charge < -0.3 is 9.80 Å². The molecule has 0 radical (unpaired) electrons. The van der Waals surface area contributed by atoms with E-state index >= 15 is 0 Å². The third kappa shape index (κ3) is 4.43. The van der Waals surface area contributed by atoms with Crippen LogP contribution in [-0.2, 0) is 11.2 Å². The van der Waals surface area contributed by atoms with Crippen LogP contribution in [-0.4, -0.2) is 47.0 Å². The fourth-order valence-corrected chi connectivity index (χ4v) is 4.59. The largest absolute Gasteiger partial charge is 0.352 e. The van der Waals surface area contributed by atoms with Crippen LogP contribution in [0.2, 0.25) is 5.02 Å². The van der Waals surface area contributed by atoms with Crippen molar-refractivity contribution in [1.82, 2.24) is 14.9 Å². The van der Waals surface area contributed by atoms with Gasteiger partial charge in [0.15, 0.2) is 0 Å². The van der Waals surface area contributed by atoms with Gasteiger partial charge >= 0.3 is 0 Å². The molecule has 1 aromatic carbocycles. The van der Waals surface area contributed by atoms with Crippen LogP contribution in [0.25, 0.3) is 16.3 Å². The lowest BCUT2D eigenvalue weighted by atomic mass is 10.2. The maximum atomic E-state index is 12.6. The van der Waals surface area contributed by atoms with Crippen molar-refractivity contribution in [3.8, 4) is 0 Å². The quantitative estimate of drug-likeness (QED) is 0.573. The number of hydrogen-bond donors (Lipinski definition) is 0. The third-order valence-electron chi connectivity index (χ3n) is 5.06. The Hall–Kier alpha value is -2.44. The van der Waals surface area contributed by atoms with Gasteiger partial charge in [-0.3, -0.25) is 4.79 Å². The topological polar surface area (TPSA) is 49.3 Å². The summed E-state index contributed by atoms with van der Waals surface area (Å²) in [5.74, 6) is 1.82. The molecule has 2 aromatic heterocycles. The number of carbonyl (C=O) groups excluding carboxylic acids is 1. The Kier molecular flexibility index (Phi) is 5.83. The Bertz CT molecular complexity index is 1050. The summed E-state index contributed by atoms with van der Waals surface area (Å²) in [6.45, 7) is 6.99. The van der Waals surface area contributed by atoms with Gasteiger partial charge in [0, 0.05) is 42.2 Å². The smallest absolute Gasteiger partial charge is 0.246 e. The summed E-state index contributed by atoms with van der Waals surface area (Å²) in [4.78, 5) is 28.4. The maximum Gasteiger partial charge on any atom is 0.246 e. The Morgan fingerprint density at radius 1 is 1.17 bits per heavy atom. The van der Waals surface area contributed by atoms with Crippen molar-refractivity contribution in [3.05, 3.63) is 57.7 Å². The van der Waals surface area contributed by atoms with Crippen LogP contribution in [0.15, 0.2) is 36.4 Å². The molecule has 0 aliphatic carbocycles. The van der Waals surface area contributed by atoms with Crippen molar-refractivity contribution in [2.75, 3.05) is 31.1 Å². The van der Waals surface area contributed by atoms with Crippen LogP contribution in [0.4, 0.5) is 5.82 Å². The maximum absolute atomic E-state index is 12.6. The highest BCUT2D eigenvalue weighted by atomic mass is 35.5. The Morgan fingerprint density at radius 3 is 2.59 bits per heavy atom. The molecule has 150 valence electrons. The van der Waals surface area contributed by atoms with Crippen LogP contribution in [0.3, 0.4) is 0 Å². The summed E-state index contributed by atoms with van der Waals surface area (Å²) in [6.07, 6.45) is 4.47. The van der Waals surface area contributed by atoms with Crippen LogP contribution >= 0.6 is 22.9 Å². The first kappa shape index (κ1) is 19.9. The van der Waals surface area contributed by atoms with E-state index < -0.39 is 0 Å². The number of amides is 1. The highest BCUT2D eigenvalue weighted by Gasteiger charge is 2.23. The van der Waals surface area contributed by atoms with E-state index in [9.17, 15) is 4.79 Å². The highest BCUT2D eigenvalue weighted by Crippen LogP contribution is 2.31. The molecule has 3 heterocycles. The van der Waals surface area contributed by atoms with Gasteiger partial charge in [0.25, 0.3) is 0 Å². The molecule has 29 heavy (non-hydrogen) atoms. The van der Waals surface area contributed by atoms with E-state index in [4.69, 9.17) is 16.6 Å². The van der Waals surface area contributed by atoms with Gasteiger partial charge in [0.05, 0.1) is 5.39 Å². The molecular weight excluding hydrogens is 404 g/mol. The van der Waals surface area contributed by atoms with Crippen LogP contribution in [0.5, 0.6) is 0 Å². The number of nitrogens with zero attached hydrogens (tertiary/aromatic N) is 4. The van der Waals surface area contributed by atoms with Gasteiger partial charge in [-0.05, 0) is 43.2 Å². The van der Waals surface area contributed by atoms with Crippen LogP contribution < -0.4 is 4.90 Å². The highest BCUT2D eigenvalue weighted by molar-refractivity contribution is 7.18. The monoisotopic (exact) mass is 426 g/mol. The second kappa shape index (κ2) is 8.51. The zero-order chi connectivity index (χ0) is 20.4. The van der Waals surface area contributed by atoms with Crippen molar-refractivity contribution in [1.29, 1.82) is 0 Å².